The molecular weight excluding hydrogens is 297 g/mol. The molecule has 1 fully saturated rings. The fraction of sp³-hybridized carbons (Fsp3) is 0.400. The van der Waals surface area contributed by atoms with E-state index < -0.39 is 0 Å². The van der Waals surface area contributed by atoms with E-state index in [0.717, 1.165) is 24.0 Å². The van der Waals surface area contributed by atoms with E-state index in [1.54, 1.807) is 0 Å². The van der Waals surface area contributed by atoms with Crippen LogP contribution in [0.1, 0.15) is 46.1 Å². The maximum absolute atomic E-state index is 6.28. The van der Waals surface area contributed by atoms with Gasteiger partial charge < -0.3 is 14.6 Å². The van der Waals surface area contributed by atoms with Gasteiger partial charge in [-0.3, -0.25) is 0 Å². The molecule has 0 atom stereocenters. The summed E-state index contributed by atoms with van der Waals surface area (Å²) in [5, 5.41) is 3.67. The van der Waals surface area contributed by atoms with Crippen molar-refractivity contribution in [3.8, 4) is 0 Å². The molecule has 24 heavy (non-hydrogen) atoms. The lowest BCUT2D eigenvalue weighted by molar-refractivity contribution is 0.00578. The lowest BCUT2D eigenvalue weighted by Gasteiger charge is -2.32. The van der Waals surface area contributed by atoms with Crippen molar-refractivity contribution in [3.63, 3.8) is 0 Å². The third-order valence-corrected chi connectivity index (χ3v) is 5.56. The first-order valence-electron chi connectivity index (χ1n) is 8.71. The molecule has 2 heterocycles. The summed E-state index contributed by atoms with van der Waals surface area (Å²) < 4.78 is 12.6. The fourth-order valence-electron chi connectivity index (χ4n) is 3.34. The van der Waals surface area contributed by atoms with Crippen molar-refractivity contribution < 1.29 is 9.31 Å². The molecule has 1 aliphatic carbocycles. The Kier molecular flexibility index (Phi) is 3.52. The van der Waals surface area contributed by atoms with E-state index in [1.165, 1.54) is 16.8 Å². The number of hydrogen-bond donors (Lipinski definition) is 1. The van der Waals surface area contributed by atoms with Gasteiger partial charge in [0.1, 0.15) is 0 Å². The quantitative estimate of drug-likeness (QED) is 0.792. The minimum atomic E-state index is -0.355. The number of hydrogen-bond acceptors (Lipinski definition) is 3. The average molecular weight is 321 g/mol. The molecule has 0 aromatic heterocycles. The normalized spacial score (nSPS) is 23.6. The van der Waals surface area contributed by atoms with Crippen LogP contribution < -0.4 is 10.8 Å². The van der Waals surface area contributed by atoms with Crippen molar-refractivity contribution in [2.45, 2.75) is 51.7 Å². The summed E-state index contributed by atoms with van der Waals surface area (Å²) in [6.07, 6.45) is 10.9. The molecule has 0 unspecified atom stereocenters. The van der Waals surface area contributed by atoms with Crippen molar-refractivity contribution in [1.82, 2.24) is 0 Å². The highest BCUT2D eigenvalue weighted by Crippen LogP contribution is 2.38. The maximum Gasteiger partial charge on any atom is 0.497 e. The molecule has 1 aromatic rings. The SMILES string of the molecule is CC1(C)OB(c2cccc3c2NC2=C(C=CCC2)C=C3)OC1(C)C. The Morgan fingerprint density at radius 3 is 2.50 bits per heavy atom. The highest BCUT2D eigenvalue weighted by atomic mass is 16.7. The molecule has 1 saturated heterocycles. The predicted molar refractivity (Wildman–Crippen MR) is 100 cm³/mol. The second-order valence-corrected chi connectivity index (χ2v) is 7.73. The zero-order chi connectivity index (χ0) is 16.9. The molecule has 4 rings (SSSR count). The summed E-state index contributed by atoms with van der Waals surface area (Å²) in [5.74, 6) is 0. The number of anilines is 1. The number of fused-ring (bicyclic) bond motifs is 1. The summed E-state index contributed by atoms with van der Waals surface area (Å²) in [5.41, 5.74) is 5.21. The van der Waals surface area contributed by atoms with Crippen LogP contribution in [0, 0.1) is 0 Å². The summed E-state index contributed by atoms with van der Waals surface area (Å²) in [6.45, 7) is 8.37. The molecule has 0 saturated carbocycles. The maximum atomic E-state index is 6.28. The van der Waals surface area contributed by atoms with Crippen LogP contribution in [-0.4, -0.2) is 18.3 Å². The predicted octanol–water partition coefficient (Wildman–Crippen LogP) is 4.03. The van der Waals surface area contributed by atoms with E-state index in [-0.39, 0.29) is 18.3 Å². The monoisotopic (exact) mass is 321 g/mol. The highest BCUT2D eigenvalue weighted by molar-refractivity contribution is 6.64. The third kappa shape index (κ3) is 2.45. The van der Waals surface area contributed by atoms with Crippen molar-refractivity contribution >= 4 is 24.3 Å². The number of rotatable bonds is 1. The van der Waals surface area contributed by atoms with Gasteiger partial charge in [-0.1, -0.05) is 42.5 Å². The smallest absolute Gasteiger partial charge is 0.399 e. The minimum Gasteiger partial charge on any atom is -0.399 e. The van der Waals surface area contributed by atoms with Gasteiger partial charge in [0, 0.05) is 16.8 Å². The Balaban J connectivity index is 1.75. The van der Waals surface area contributed by atoms with Gasteiger partial charge in [0.25, 0.3) is 0 Å². The second kappa shape index (κ2) is 5.37. The van der Waals surface area contributed by atoms with E-state index in [9.17, 15) is 0 Å². The van der Waals surface area contributed by atoms with E-state index >= 15 is 0 Å². The summed E-state index contributed by atoms with van der Waals surface area (Å²) in [6, 6.07) is 6.31. The molecule has 2 aliphatic heterocycles. The summed E-state index contributed by atoms with van der Waals surface area (Å²) in [7, 11) is -0.355. The molecule has 0 amide bonds. The first-order valence-corrected chi connectivity index (χ1v) is 8.71. The van der Waals surface area contributed by atoms with Gasteiger partial charge in [-0.25, -0.2) is 0 Å². The van der Waals surface area contributed by atoms with E-state index in [0.29, 0.717) is 0 Å². The van der Waals surface area contributed by atoms with Gasteiger partial charge in [-0.15, -0.1) is 0 Å². The molecule has 0 radical (unpaired) electrons. The lowest BCUT2D eigenvalue weighted by atomic mass is 9.76. The highest BCUT2D eigenvalue weighted by Gasteiger charge is 2.52. The van der Waals surface area contributed by atoms with Gasteiger partial charge >= 0.3 is 7.12 Å². The van der Waals surface area contributed by atoms with Crippen LogP contribution in [0.15, 0.2) is 47.7 Å². The Morgan fingerprint density at radius 2 is 1.75 bits per heavy atom. The molecule has 124 valence electrons. The van der Waals surface area contributed by atoms with Crippen LogP contribution in [0.4, 0.5) is 5.69 Å². The first kappa shape index (κ1) is 15.7. The Morgan fingerprint density at radius 1 is 1.00 bits per heavy atom. The molecular formula is C20H24BNO2. The molecule has 1 aromatic carbocycles. The van der Waals surface area contributed by atoms with E-state index in [4.69, 9.17) is 9.31 Å². The molecule has 0 spiro atoms. The van der Waals surface area contributed by atoms with Crippen molar-refractivity contribution in [2.75, 3.05) is 5.32 Å². The van der Waals surface area contributed by atoms with Gasteiger partial charge in [0.2, 0.25) is 0 Å². The van der Waals surface area contributed by atoms with Gasteiger partial charge in [-0.05, 0) is 51.7 Å². The number of benzene rings is 1. The Hall–Kier alpha value is -1.78. The van der Waals surface area contributed by atoms with Crippen molar-refractivity contribution in [1.29, 1.82) is 0 Å². The zero-order valence-corrected chi connectivity index (χ0v) is 14.8. The average Bonchev–Trinajstić information content (AvgIpc) is 2.68. The van der Waals surface area contributed by atoms with Gasteiger partial charge in [-0.2, -0.15) is 0 Å². The van der Waals surface area contributed by atoms with E-state index in [2.05, 4.69) is 75.5 Å². The topological polar surface area (TPSA) is 30.5 Å². The van der Waals surface area contributed by atoms with E-state index in [1.807, 2.05) is 0 Å². The molecule has 3 nitrogen and oxygen atoms in total. The number of allylic oxidation sites excluding steroid dienone is 5. The van der Waals surface area contributed by atoms with Crippen molar-refractivity contribution in [2.24, 2.45) is 0 Å². The number of nitrogens with one attached hydrogen (secondary N) is 1. The van der Waals surface area contributed by atoms with Crippen LogP contribution in [-0.2, 0) is 9.31 Å². The Labute approximate surface area is 144 Å². The largest absolute Gasteiger partial charge is 0.497 e. The third-order valence-electron chi connectivity index (χ3n) is 5.56. The van der Waals surface area contributed by atoms with Gasteiger partial charge in [0.15, 0.2) is 0 Å². The molecule has 1 N–H and O–H groups in total. The molecule has 0 bridgehead atoms. The summed E-state index contributed by atoms with van der Waals surface area (Å²) in [4.78, 5) is 0. The standard InChI is InChI=1S/C20H24BNO2/c1-19(2)20(3,4)24-21(23-19)16-10-7-9-15-13-12-14-8-5-6-11-17(14)22-18(15)16/h5,7-10,12-13,22H,6,11H2,1-4H3. The first-order chi connectivity index (χ1) is 11.4. The zero-order valence-electron chi connectivity index (χ0n) is 14.8. The second-order valence-electron chi connectivity index (χ2n) is 7.73. The van der Waals surface area contributed by atoms with Gasteiger partial charge in [0.05, 0.1) is 11.2 Å². The van der Waals surface area contributed by atoms with Crippen LogP contribution >= 0.6 is 0 Å². The van der Waals surface area contributed by atoms with Crippen molar-refractivity contribution in [3.05, 3.63) is 53.3 Å². The fourth-order valence-corrected chi connectivity index (χ4v) is 3.34. The number of para-hydroxylation sites is 1. The van der Waals surface area contributed by atoms with Crippen LogP contribution in [0.25, 0.3) is 6.08 Å². The van der Waals surface area contributed by atoms with Crippen LogP contribution in [0.5, 0.6) is 0 Å². The summed E-state index contributed by atoms with van der Waals surface area (Å²) >= 11 is 0. The molecule has 4 heteroatoms. The molecule has 3 aliphatic rings. The van der Waals surface area contributed by atoms with Crippen LogP contribution in [0.2, 0.25) is 0 Å². The minimum absolute atomic E-state index is 0.334. The van der Waals surface area contributed by atoms with Crippen LogP contribution in [0.3, 0.4) is 0 Å². The lowest BCUT2D eigenvalue weighted by Crippen LogP contribution is -2.41. The Bertz CT molecular complexity index is 758.